The number of benzene rings is 1. The van der Waals surface area contributed by atoms with Crippen molar-refractivity contribution < 1.29 is 9.53 Å². The third kappa shape index (κ3) is 1.71. The highest BCUT2D eigenvalue weighted by Gasteiger charge is 2.40. The van der Waals surface area contributed by atoms with E-state index in [4.69, 9.17) is 4.74 Å². The summed E-state index contributed by atoms with van der Waals surface area (Å²) in [6, 6.07) is 8.21. The predicted octanol–water partition coefficient (Wildman–Crippen LogP) is 1.98. The lowest BCUT2D eigenvalue weighted by molar-refractivity contribution is -0.131. The van der Waals surface area contributed by atoms with Crippen LogP contribution in [0.15, 0.2) is 36.4 Å². The van der Waals surface area contributed by atoms with E-state index >= 15 is 0 Å². The molecule has 0 aromatic heterocycles. The van der Waals surface area contributed by atoms with E-state index in [2.05, 4.69) is 6.08 Å². The third-order valence-electron chi connectivity index (χ3n) is 3.57. The Balaban J connectivity index is 1.74. The molecule has 3 nitrogen and oxygen atoms in total. The molecule has 3 rings (SSSR count). The number of methoxy groups -OCH3 is 1. The number of carbonyl (C=O) groups excluding carboxylic acids is 1. The van der Waals surface area contributed by atoms with Gasteiger partial charge in [-0.3, -0.25) is 4.79 Å². The van der Waals surface area contributed by atoms with E-state index in [1.807, 2.05) is 35.2 Å². The molecule has 1 fully saturated rings. The lowest BCUT2D eigenvalue weighted by atomic mass is 10.1. The highest BCUT2D eigenvalue weighted by atomic mass is 16.5. The molecular weight excluding hydrogens is 214 g/mol. The summed E-state index contributed by atoms with van der Waals surface area (Å²) in [7, 11) is 1.66. The Labute approximate surface area is 101 Å². The molecule has 1 aromatic carbocycles. The summed E-state index contributed by atoms with van der Waals surface area (Å²) >= 11 is 0. The zero-order valence-electron chi connectivity index (χ0n) is 9.80. The summed E-state index contributed by atoms with van der Waals surface area (Å²) in [6.07, 6.45) is 5.15. The Hall–Kier alpha value is -1.77. The number of amides is 1. The second-order valence-corrected chi connectivity index (χ2v) is 4.61. The van der Waals surface area contributed by atoms with Crippen LogP contribution in [0.1, 0.15) is 12.0 Å². The molecule has 17 heavy (non-hydrogen) atoms. The lowest BCUT2D eigenvalue weighted by Gasteiger charge is -2.24. The largest absolute Gasteiger partial charge is 0.497 e. The number of nitrogens with zero attached hydrogens (tertiary/aromatic N) is 1. The molecular formula is C14H15NO2. The lowest BCUT2D eigenvalue weighted by Crippen LogP contribution is -2.33. The van der Waals surface area contributed by atoms with E-state index < -0.39 is 0 Å². The smallest absolute Gasteiger partial charge is 0.230 e. The molecule has 1 aliphatic carbocycles. The van der Waals surface area contributed by atoms with Crippen LogP contribution >= 0.6 is 0 Å². The molecule has 0 radical (unpaired) electrons. The Kier molecular flexibility index (Phi) is 2.39. The van der Waals surface area contributed by atoms with E-state index in [-0.39, 0.29) is 11.8 Å². The van der Waals surface area contributed by atoms with Crippen LogP contribution in [0.4, 0.5) is 0 Å². The van der Waals surface area contributed by atoms with Crippen LogP contribution in [0.3, 0.4) is 0 Å². The van der Waals surface area contributed by atoms with Crippen molar-refractivity contribution in [3.8, 4) is 5.75 Å². The molecule has 1 heterocycles. The molecule has 1 amide bonds. The third-order valence-corrected chi connectivity index (χ3v) is 3.57. The van der Waals surface area contributed by atoms with Gasteiger partial charge in [0.15, 0.2) is 0 Å². The Morgan fingerprint density at radius 1 is 1.29 bits per heavy atom. The number of hydrogen-bond acceptors (Lipinski definition) is 2. The second kappa shape index (κ2) is 3.91. The average molecular weight is 229 g/mol. The molecule has 2 atom stereocenters. The van der Waals surface area contributed by atoms with Gasteiger partial charge in [0.05, 0.1) is 19.1 Å². The van der Waals surface area contributed by atoms with Crippen LogP contribution in [-0.4, -0.2) is 24.0 Å². The van der Waals surface area contributed by atoms with Gasteiger partial charge in [-0.05, 0) is 24.1 Å². The van der Waals surface area contributed by atoms with Crippen LogP contribution in [0.25, 0.3) is 0 Å². The molecule has 3 heteroatoms. The molecule has 2 unspecified atom stereocenters. The van der Waals surface area contributed by atoms with Crippen LogP contribution < -0.4 is 4.74 Å². The molecule has 88 valence electrons. The van der Waals surface area contributed by atoms with Crippen molar-refractivity contribution in [2.24, 2.45) is 5.92 Å². The fourth-order valence-corrected chi connectivity index (χ4v) is 2.59. The first kappa shape index (κ1) is 10.4. The fraction of sp³-hybridized carbons (Fsp3) is 0.357. The molecule has 0 spiro atoms. The van der Waals surface area contributed by atoms with Crippen molar-refractivity contribution in [3.05, 3.63) is 42.0 Å². The van der Waals surface area contributed by atoms with Gasteiger partial charge in [-0.25, -0.2) is 0 Å². The van der Waals surface area contributed by atoms with Gasteiger partial charge >= 0.3 is 0 Å². The fourth-order valence-electron chi connectivity index (χ4n) is 2.59. The topological polar surface area (TPSA) is 29.5 Å². The summed E-state index contributed by atoms with van der Waals surface area (Å²) in [6.45, 7) is 0.703. The molecule has 2 bridgehead atoms. The average Bonchev–Trinajstić information content (AvgIpc) is 2.94. The van der Waals surface area contributed by atoms with Gasteiger partial charge in [-0.2, -0.15) is 0 Å². The summed E-state index contributed by atoms with van der Waals surface area (Å²) < 4.78 is 5.12. The molecule has 0 saturated carbocycles. The minimum atomic E-state index is 0.137. The molecule has 1 aromatic rings. The van der Waals surface area contributed by atoms with Crippen LogP contribution in [-0.2, 0) is 11.3 Å². The van der Waals surface area contributed by atoms with E-state index in [1.165, 1.54) is 0 Å². The quantitative estimate of drug-likeness (QED) is 0.742. The van der Waals surface area contributed by atoms with Crippen molar-refractivity contribution in [3.63, 3.8) is 0 Å². The van der Waals surface area contributed by atoms with E-state index in [0.29, 0.717) is 12.6 Å². The summed E-state index contributed by atoms with van der Waals surface area (Å²) in [4.78, 5) is 13.9. The Morgan fingerprint density at radius 3 is 2.65 bits per heavy atom. The normalized spacial score (nSPS) is 25.7. The minimum Gasteiger partial charge on any atom is -0.497 e. The van der Waals surface area contributed by atoms with Crippen LogP contribution in [0, 0.1) is 5.92 Å². The molecule has 0 N–H and O–H groups in total. The van der Waals surface area contributed by atoms with Crippen molar-refractivity contribution in [1.82, 2.24) is 4.90 Å². The standard InChI is InChI=1S/C14H15NO2/c1-17-13-6-2-10(3-7-13)9-15-12-5-4-11(8-12)14(15)16/h2-7,11-12H,8-9H2,1H3. The maximum atomic E-state index is 11.9. The van der Waals surface area contributed by atoms with Gasteiger partial charge in [-0.15, -0.1) is 0 Å². The predicted molar refractivity (Wildman–Crippen MR) is 64.6 cm³/mol. The zero-order valence-corrected chi connectivity index (χ0v) is 9.80. The first-order valence-corrected chi connectivity index (χ1v) is 5.89. The summed E-state index contributed by atoms with van der Waals surface area (Å²) in [5, 5.41) is 0. The number of likely N-dealkylation sites (tertiary alicyclic amines) is 1. The first-order chi connectivity index (χ1) is 8.28. The number of ether oxygens (including phenoxy) is 1. The summed E-state index contributed by atoms with van der Waals surface area (Å²) in [5.41, 5.74) is 1.15. The van der Waals surface area contributed by atoms with E-state index in [9.17, 15) is 4.79 Å². The van der Waals surface area contributed by atoms with Gasteiger partial charge in [0.1, 0.15) is 5.75 Å². The van der Waals surface area contributed by atoms with E-state index in [0.717, 1.165) is 17.7 Å². The number of rotatable bonds is 3. The van der Waals surface area contributed by atoms with Gasteiger partial charge in [0.2, 0.25) is 5.91 Å². The number of carbonyl (C=O) groups is 1. The molecule has 1 saturated heterocycles. The summed E-state index contributed by atoms with van der Waals surface area (Å²) in [5.74, 6) is 1.26. The highest BCUT2D eigenvalue weighted by Crippen LogP contribution is 2.33. The van der Waals surface area contributed by atoms with Crippen LogP contribution in [0.5, 0.6) is 5.75 Å². The highest BCUT2D eigenvalue weighted by molar-refractivity contribution is 5.85. The zero-order chi connectivity index (χ0) is 11.8. The van der Waals surface area contributed by atoms with Gasteiger partial charge in [0, 0.05) is 6.54 Å². The van der Waals surface area contributed by atoms with Crippen molar-refractivity contribution in [2.45, 2.75) is 19.0 Å². The minimum absolute atomic E-state index is 0.137. The van der Waals surface area contributed by atoms with Gasteiger partial charge in [-0.1, -0.05) is 24.3 Å². The second-order valence-electron chi connectivity index (χ2n) is 4.61. The number of hydrogen-bond donors (Lipinski definition) is 0. The van der Waals surface area contributed by atoms with Crippen molar-refractivity contribution in [1.29, 1.82) is 0 Å². The first-order valence-electron chi connectivity index (χ1n) is 5.89. The maximum absolute atomic E-state index is 11.9. The molecule has 1 aliphatic heterocycles. The SMILES string of the molecule is COc1ccc(CN2C(=O)C3C=CC2C3)cc1. The monoisotopic (exact) mass is 229 g/mol. The number of fused-ring (bicyclic) bond motifs is 2. The van der Waals surface area contributed by atoms with Crippen molar-refractivity contribution in [2.75, 3.05) is 7.11 Å². The van der Waals surface area contributed by atoms with Gasteiger partial charge < -0.3 is 9.64 Å². The molecule has 2 aliphatic rings. The van der Waals surface area contributed by atoms with Crippen molar-refractivity contribution >= 4 is 5.91 Å². The van der Waals surface area contributed by atoms with Gasteiger partial charge in [0.25, 0.3) is 0 Å². The van der Waals surface area contributed by atoms with E-state index in [1.54, 1.807) is 7.11 Å². The Bertz CT molecular complexity index is 464. The van der Waals surface area contributed by atoms with Crippen LogP contribution in [0.2, 0.25) is 0 Å². The Morgan fingerprint density at radius 2 is 2.06 bits per heavy atom. The maximum Gasteiger partial charge on any atom is 0.230 e.